The van der Waals surface area contributed by atoms with E-state index in [4.69, 9.17) is 14.7 Å². The van der Waals surface area contributed by atoms with Crippen LogP contribution >= 0.6 is 0 Å². The Hall–Kier alpha value is -4.24. The van der Waals surface area contributed by atoms with Crippen LogP contribution in [-0.2, 0) is 4.79 Å². The summed E-state index contributed by atoms with van der Waals surface area (Å²) >= 11 is 0. The molecule has 2 N–H and O–H groups in total. The third-order valence-corrected chi connectivity index (χ3v) is 4.86. The van der Waals surface area contributed by atoms with Crippen LogP contribution in [0.2, 0.25) is 0 Å². The van der Waals surface area contributed by atoms with Crippen LogP contribution in [0.25, 0.3) is 11.3 Å². The number of amides is 1. The minimum Gasteiger partial charge on any atom is -0.493 e. The molecular formula is C24H19N3O3. The molecule has 0 atom stereocenters. The molecule has 6 nitrogen and oxygen atoms in total. The number of hydrogen-bond acceptors (Lipinski definition) is 5. The van der Waals surface area contributed by atoms with Gasteiger partial charge in [0.05, 0.1) is 42.8 Å². The number of carbonyl (C=O) groups is 1. The standard InChI is InChI=1S/C24H19N3O3/c1-29-20-12-18-19(13-21(20)30-2)27-24(28)22(18)23(16-6-4-3-5-7-16)26-17-10-8-15(14-25)9-11-17/h3-13,26H,1-2H3,(H,27,28). The fraction of sp³-hybridized carbons (Fsp3) is 0.0833. The van der Waals surface area contributed by atoms with Crippen LogP contribution in [0, 0.1) is 11.3 Å². The van der Waals surface area contributed by atoms with Crippen molar-refractivity contribution in [2.24, 2.45) is 0 Å². The maximum absolute atomic E-state index is 13.0. The average Bonchev–Trinajstić information content (AvgIpc) is 3.11. The molecule has 0 saturated heterocycles. The molecule has 4 rings (SSSR count). The van der Waals surface area contributed by atoms with Gasteiger partial charge in [0.1, 0.15) is 0 Å². The molecule has 148 valence electrons. The monoisotopic (exact) mass is 397 g/mol. The van der Waals surface area contributed by atoms with Crippen molar-refractivity contribution < 1.29 is 14.3 Å². The number of benzene rings is 3. The topological polar surface area (TPSA) is 83.4 Å². The molecule has 0 bridgehead atoms. The van der Waals surface area contributed by atoms with Crippen LogP contribution in [0.1, 0.15) is 16.7 Å². The summed E-state index contributed by atoms with van der Waals surface area (Å²) in [5.74, 6) is 0.857. The number of ether oxygens (including phenoxy) is 2. The molecule has 30 heavy (non-hydrogen) atoms. The molecule has 1 amide bonds. The number of methoxy groups -OCH3 is 2. The maximum Gasteiger partial charge on any atom is 0.258 e. The predicted octanol–water partition coefficient (Wildman–Crippen LogP) is 4.51. The Morgan fingerprint density at radius 3 is 2.27 bits per heavy atom. The minimum atomic E-state index is -0.222. The molecule has 0 aliphatic carbocycles. The Labute approximate surface area is 174 Å². The fourth-order valence-electron chi connectivity index (χ4n) is 3.40. The summed E-state index contributed by atoms with van der Waals surface area (Å²) < 4.78 is 10.8. The highest BCUT2D eigenvalue weighted by Gasteiger charge is 2.30. The Balaban J connectivity index is 1.90. The minimum absolute atomic E-state index is 0.222. The number of carbonyl (C=O) groups excluding carboxylic acids is 1. The smallest absolute Gasteiger partial charge is 0.258 e. The lowest BCUT2D eigenvalue weighted by Crippen LogP contribution is -2.10. The van der Waals surface area contributed by atoms with Crippen LogP contribution in [0.15, 0.2) is 66.7 Å². The van der Waals surface area contributed by atoms with Crippen LogP contribution in [0.3, 0.4) is 0 Å². The zero-order valence-electron chi connectivity index (χ0n) is 16.5. The van der Waals surface area contributed by atoms with Crippen molar-refractivity contribution >= 4 is 28.6 Å². The largest absolute Gasteiger partial charge is 0.493 e. The van der Waals surface area contributed by atoms with Crippen LogP contribution in [0.5, 0.6) is 11.5 Å². The molecule has 0 fully saturated rings. The summed E-state index contributed by atoms with van der Waals surface area (Å²) in [4.78, 5) is 13.0. The highest BCUT2D eigenvalue weighted by Crippen LogP contribution is 2.43. The van der Waals surface area contributed by atoms with Crippen molar-refractivity contribution in [3.8, 4) is 17.6 Å². The highest BCUT2D eigenvalue weighted by molar-refractivity contribution is 6.37. The lowest BCUT2D eigenvalue weighted by Gasteiger charge is -2.15. The number of nitrogens with zero attached hydrogens (tertiary/aromatic N) is 1. The summed E-state index contributed by atoms with van der Waals surface area (Å²) in [5, 5.41) is 15.3. The Morgan fingerprint density at radius 1 is 0.967 bits per heavy atom. The van der Waals surface area contributed by atoms with Gasteiger partial charge in [0, 0.05) is 17.3 Å². The van der Waals surface area contributed by atoms with E-state index in [2.05, 4.69) is 16.7 Å². The Morgan fingerprint density at radius 2 is 1.63 bits per heavy atom. The molecule has 0 radical (unpaired) electrons. The zero-order valence-corrected chi connectivity index (χ0v) is 16.5. The molecule has 0 saturated carbocycles. The molecule has 1 aliphatic rings. The summed E-state index contributed by atoms with van der Waals surface area (Å²) in [6.45, 7) is 0. The van der Waals surface area contributed by atoms with Crippen molar-refractivity contribution in [3.05, 3.63) is 83.4 Å². The highest BCUT2D eigenvalue weighted by atomic mass is 16.5. The van der Waals surface area contributed by atoms with Crippen molar-refractivity contribution in [2.45, 2.75) is 0 Å². The van der Waals surface area contributed by atoms with E-state index in [1.54, 1.807) is 38.5 Å². The van der Waals surface area contributed by atoms with Crippen molar-refractivity contribution in [1.29, 1.82) is 5.26 Å². The third kappa shape index (κ3) is 3.45. The first-order valence-corrected chi connectivity index (χ1v) is 9.29. The Kier molecular flexibility index (Phi) is 5.10. The second-order valence-electron chi connectivity index (χ2n) is 6.64. The van der Waals surface area contributed by atoms with E-state index in [1.165, 1.54) is 0 Å². The van der Waals surface area contributed by atoms with Gasteiger partial charge in [-0.1, -0.05) is 30.3 Å². The molecule has 0 aromatic heterocycles. The average molecular weight is 397 g/mol. The van der Waals surface area contributed by atoms with E-state index in [9.17, 15) is 4.79 Å². The number of nitriles is 1. The second-order valence-corrected chi connectivity index (χ2v) is 6.64. The van der Waals surface area contributed by atoms with Crippen LogP contribution < -0.4 is 20.1 Å². The first-order chi connectivity index (χ1) is 14.6. The Bertz CT molecular complexity index is 1180. The molecule has 3 aromatic carbocycles. The van der Waals surface area contributed by atoms with Gasteiger partial charge in [-0.05, 0) is 35.9 Å². The van der Waals surface area contributed by atoms with E-state index in [-0.39, 0.29) is 5.91 Å². The van der Waals surface area contributed by atoms with E-state index in [1.807, 2.05) is 42.5 Å². The van der Waals surface area contributed by atoms with Crippen molar-refractivity contribution in [3.63, 3.8) is 0 Å². The molecule has 1 heterocycles. The van der Waals surface area contributed by atoms with Crippen LogP contribution in [-0.4, -0.2) is 20.1 Å². The number of anilines is 2. The van der Waals surface area contributed by atoms with Gasteiger partial charge in [-0.2, -0.15) is 5.26 Å². The number of nitrogens with one attached hydrogen (secondary N) is 2. The molecular weight excluding hydrogens is 378 g/mol. The number of hydrogen-bond donors (Lipinski definition) is 2. The normalized spacial score (nSPS) is 13.7. The molecule has 3 aromatic rings. The predicted molar refractivity (Wildman–Crippen MR) is 116 cm³/mol. The summed E-state index contributed by atoms with van der Waals surface area (Å²) in [6, 6.07) is 22.4. The maximum atomic E-state index is 13.0. The van der Waals surface area contributed by atoms with Gasteiger partial charge < -0.3 is 20.1 Å². The molecule has 0 unspecified atom stereocenters. The van der Waals surface area contributed by atoms with Gasteiger partial charge in [0.15, 0.2) is 11.5 Å². The van der Waals surface area contributed by atoms with Crippen molar-refractivity contribution in [1.82, 2.24) is 0 Å². The molecule has 1 aliphatic heterocycles. The first-order valence-electron chi connectivity index (χ1n) is 9.29. The quantitative estimate of drug-likeness (QED) is 0.619. The number of rotatable bonds is 5. The van der Waals surface area contributed by atoms with Gasteiger partial charge in [0.2, 0.25) is 0 Å². The van der Waals surface area contributed by atoms with Crippen LogP contribution in [0.4, 0.5) is 11.4 Å². The van der Waals surface area contributed by atoms with E-state index < -0.39 is 0 Å². The second kappa shape index (κ2) is 8.02. The fourth-order valence-corrected chi connectivity index (χ4v) is 3.40. The molecule has 6 heteroatoms. The van der Waals surface area contributed by atoms with Crippen molar-refractivity contribution in [2.75, 3.05) is 24.9 Å². The third-order valence-electron chi connectivity index (χ3n) is 4.86. The zero-order chi connectivity index (χ0) is 21.1. The summed E-state index contributed by atoms with van der Waals surface area (Å²) in [7, 11) is 3.12. The van der Waals surface area contributed by atoms with Gasteiger partial charge in [-0.15, -0.1) is 0 Å². The van der Waals surface area contributed by atoms with Gasteiger partial charge in [-0.3, -0.25) is 4.79 Å². The van der Waals surface area contributed by atoms with Gasteiger partial charge in [0.25, 0.3) is 5.91 Å². The van der Waals surface area contributed by atoms with E-state index in [0.29, 0.717) is 34.0 Å². The first kappa shape index (κ1) is 19.1. The van der Waals surface area contributed by atoms with E-state index in [0.717, 1.165) is 16.8 Å². The van der Waals surface area contributed by atoms with Gasteiger partial charge >= 0.3 is 0 Å². The summed E-state index contributed by atoms with van der Waals surface area (Å²) in [5.41, 5.74) is 4.72. The SMILES string of the molecule is COc1cc2c(cc1OC)C(=C(Nc1ccc(C#N)cc1)c1ccccc1)C(=O)N2. The van der Waals surface area contributed by atoms with Gasteiger partial charge in [-0.25, -0.2) is 0 Å². The lowest BCUT2D eigenvalue weighted by atomic mass is 9.99. The summed E-state index contributed by atoms with van der Waals surface area (Å²) in [6.07, 6.45) is 0. The van der Waals surface area contributed by atoms with E-state index >= 15 is 0 Å². The lowest BCUT2D eigenvalue weighted by molar-refractivity contribution is -0.110. The number of fused-ring (bicyclic) bond motifs is 1. The molecule has 0 spiro atoms.